The lowest BCUT2D eigenvalue weighted by atomic mass is 10.1. The third kappa shape index (κ3) is 6.18. The van der Waals surface area contributed by atoms with E-state index in [2.05, 4.69) is 20.8 Å². The third-order valence-electron chi connectivity index (χ3n) is 5.17. The molecule has 36 heavy (non-hydrogen) atoms. The number of anilines is 1. The molecule has 12 heteroatoms. The van der Waals surface area contributed by atoms with Crippen LogP contribution >= 0.6 is 23.1 Å². The second kappa shape index (κ2) is 12.0. The monoisotopic (exact) mass is 529 g/mol. The van der Waals surface area contributed by atoms with Gasteiger partial charge in [0.2, 0.25) is 5.91 Å². The average Bonchev–Trinajstić information content (AvgIpc) is 3.37. The van der Waals surface area contributed by atoms with Gasteiger partial charge >= 0.3 is 5.97 Å². The maximum atomic E-state index is 12.7. The number of hydrogen-bond donors (Lipinski definition) is 2. The van der Waals surface area contributed by atoms with Crippen LogP contribution in [0.1, 0.15) is 68.6 Å². The number of thioether (sulfide) groups is 1. The summed E-state index contributed by atoms with van der Waals surface area (Å²) in [6.45, 7) is 6.72. The van der Waals surface area contributed by atoms with Crippen LogP contribution in [-0.2, 0) is 16.6 Å². The van der Waals surface area contributed by atoms with Crippen LogP contribution < -0.4 is 10.6 Å². The SMILES string of the molecule is CCOC(=O)c1c(NC(=O)CSc2nnc([C@@H](C)NC(=O)c3ccccc3)n2C)sc(C(C)=O)c1C. The number of benzene rings is 1. The highest BCUT2D eigenvalue weighted by Crippen LogP contribution is 2.34. The Hall–Kier alpha value is -3.51. The van der Waals surface area contributed by atoms with Crippen molar-refractivity contribution in [2.45, 2.75) is 38.9 Å². The molecule has 3 rings (SSSR count). The van der Waals surface area contributed by atoms with Crippen molar-refractivity contribution in [2.75, 3.05) is 17.7 Å². The van der Waals surface area contributed by atoms with Gasteiger partial charge in [-0.1, -0.05) is 30.0 Å². The number of ether oxygens (including phenoxy) is 1. The quantitative estimate of drug-likeness (QED) is 0.230. The molecule has 3 aromatic rings. The first-order chi connectivity index (χ1) is 17.1. The normalized spacial score (nSPS) is 11.6. The number of thiophene rings is 1. The zero-order chi connectivity index (χ0) is 26.4. The van der Waals surface area contributed by atoms with Crippen LogP contribution in [0, 0.1) is 6.92 Å². The Balaban J connectivity index is 1.66. The van der Waals surface area contributed by atoms with Crippen molar-refractivity contribution in [2.24, 2.45) is 7.05 Å². The van der Waals surface area contributed by atoms with Gasteiger partial charge in [0.25, 0.3) is 5.91 Å². The fraction of sp³-hybridized carbons (Fsp3) is 0.333. The molecule has 0 aliphatic rings. The van der Waals surface area contributed by atoms with Crippen molar-refractivity contribution in [3.63, 3.8) is 0 Å². The van der Waals surface area contributed by atoms with E-state index in [0.29, 0.717) is 27.0 Å². The Bertz CT molecular complexity index is 1290. The number of nitrogens with one attached hydrogen (secondary N) is 2. The molecule has 1 aromatic carbocycles. The molecule has 1 atom stereocenters. The van der Waals surface area contributed by atoms with Gasteiger partial charge in [-0.15, -0.1) is 21.5 Å². The van der Waals surface area contributed by atoms with Gasteiger partial charge in [0.05, 0.1) is 28.8 Å². The van der Waals surface area contributed by atoms with Crippen molar-refractivity contribution in [1.82, 2.24) is 20.1 Å². The predicted molar refractivity (Wildman–Crippen MR) is 138 cm³/mol. The van der Waals surface area contributed by atoms with Crippen LogP contribution in [-0.4, -0.2) is 50.7 Å². The molecule has 190 valence electrons. The number of ketones is 1. The van der Waals surface area contributed by atoms with Gasteiger partial charge in [-0.25, -0.2) is 4.79 Å². The Morgan fingerprint density at radius 2 is 1.86 bits per heavy atom. The predicted octanol–water partition coefficient (Wildman–Crippen LogP) is 3.79. The first-order valence-electron chi connectivity index (χ1n) is 11.1. The van der Waals surface area contributed by atoms with Gasteiger partial charge < -0.3 is 19.9 Å². The van der Waals surface area contributed by atoms with E-state index in [1.54, 1.807) is 56.7 Å². The van der Waals surface area contributed by atoms with Crippen molar-refractivity contribution in [3.8, 4) is 0 Å². The summed E-state index contributed by atoms with van der Waals surface area (Å²) in [6, 6.07) is 8.44. The summed E-state index contributed by atoms with van der Waals surface area (Å²) in [5.41, 5.74) is 1.21. The summed E-state index contributed by atoms with van der Waals surface area (Å²) < 4.78 is 6.81. The fourth-order valence-corrected chi connectivity index (χ4v) is 5.27. The Morgan fingerprint density at radius 3 is 2.50 bits per heavy atom. The molecule has 0 saturated carbocycles. The standard InChI is InChI=1S/C24H27N5O5S2/c1-6-34-23(33)18-13(2)19(15(4)30)36-22(18)26-17(31)12-35-24-28-27-20(29(24)5)14(3)25-21(32)16-10-8-7-9-11-16/h7-11,14H,6,12H2,1-5H3,(H,25,32)(H,26,31)/t14-/m1/s1. The lowest BCUT2D eigenvalue weighted by Crippen LogP contribution is -2.28. The minimum Gasteiger partial charge on any atom is -0.462 e. The highest BCUT2D eigenvalue weighted by atomic mass is 32.2. The van der Waals surface area contributed by atoms with Gasteiger partial charge in [-0.3, -0.25) is 14.4 Å². The Morgan fingerprint density at radius 1 is 1.17 bits per heavy atom. The van der Waals surface area contributed by atoms with Crippen molar-refractivity contribution in [1.29, 1.82) is 0 Å². The molecule has 0 spiro atoms. The van der Waals surface area contributed by atoms with Crippen LogP contribution in [0.4, 0.5) is 5.00 Å². The second-order valence-corrected chi connectivity index (χ2v) is 9.80. The van der Waals surface area contributed by atoms with E-state index in [0.717, 1.165) is 23.1 Å². The van der Waals surface area contributed by atoms with Crippen molar-refractivity contribution >= 4 is 51.7 Å². The zero-order valence-corrected chi connectivity index (χ0v) is 22.2. The number of aromatic nitrogens is 3. The molecule has 0 aliphatic heterocycles. The molecule has 10 nitrogen and oxygen atoms in total. The number of hydrogen-bond acceptors (Lipinski definition) is 9. The lowest BCUT2D eigenvalue weighted by molar-refractivity contribution is -0.113. The molecule has 0 saturated heterocycles. The van der Waals surface area contributed by atoms with Gasteiger partial charge in [0.1, 0.15) is 5.00 Å². The second-order valence-electron chi connectivity index (χ2n) is 7.83. The van der Waals surface area contributed by atoms with Crippen LogP contribution in [0.5, 0.6) is 0 Å². The van der Waals surface area contributed by atoms with E-state index in [9.17, 15) is 19.2 Å². The fourth-order valence-electron chi connectivity index (χ4n) is 3.44. The number of Topliss-reactive ketones (excluding diaryl/α,β-unsaturated/α-hetero) is 1. The van der Waals surface area contributed by atoms with E-state index in [-0.39, 0.29) is 40.5 Å². The van der Waals surface area contributed by atoms with E-state index >= 15 is 0 Å². The largest absolute Gasteiger partial charge is 0.462 e. The highest BCUT2D eigenvalue weighted by molar-refractivity contribution is 7.99. The van der Waals surface area contributed by atoms with E-state index in [1.807, 2.05) is 6.07 Å². The number of carbonyl (C=O) groups is 4. The molecule has 0 unspecified atom stereocenters. The van der Waals surface area contributed by atoms with Crippen LogP contribution in [0.25, 0.3) is 0 Å². The van der Waals surface area contributed by atoms with Crippen molar-refractivity contribution in [3.05, 3.63) is 57.7 Å². The molecule has 0 aliphatic carbocycles. The molecular formula is C24H27N5O5S2. The summed E-state index contributed by atoms with van der Waals surface area (Å²) in [5, 5.41) is 14.7. The zero-order valence-electron chi connectivity index (χ0n) is 20.6. The van der Waals surface area contributed by atoms with E-state index in [4.69, 9.17) is 4.74 Å². The first-order valence-corrected chi connectivity index (χ1v) is 12.9. The Labute approximate surface area is 216 Å². The van der Waals surface area contributed by atoms with Crippen LogP contribution in [0.15, 0.2) is 35.5 Å². The highest BCUT2D eigenvalue weighted by Gasteiger charge is 2.25. The van der Waals surface area contributed by atoms with E-state index < -0.39 is 12.0 Å². The summed E-state index contributed by atoms with van der Waals surface area (Å²) in [7, 11) is 1.75. The molecule has 2 amide bonds. The molecule has 2 aromatic heterocycles. The van der Waals surface area contributed by atoms with E-state index in [1.165, 1.54) is 6.92 Å². The third-order valence-corrected chi connectivity index (χ3v) is 7.50. The number of amides is 2. The number of carbonyl (C=O) groups excluding carboxylic acids is 4. The topological polar surface area (TPSA) is 132 Å². The molecule has 0 fully saturated rings. The maximum Gasteiger partial charge on any atom is 0.341 e. The average molecular weight is 530 g/mol. The number of esters is 1. The maximum absolute atomic E-state index is 12.7. The summed E-state index contributed by atoms with van der Waals surface area (Å²) in [4.78, 5) is 49.9. The number of rotatable bonds is 10. The van der Waals surface area contributed by atoms with Gasteiger partial charge in [-0.2, -0.15) is 0 Å². The molecule has 0 radical (unpaired) electrons. The molecule has 2 heterocycles. The summed E-state index contributed by atoms with van der Waals surface area (Å²) >= 11 is 2.20. The minimum atomic E-state index is -0.591. The molecule has 0 bridgehead atoms. The summed E-state index contributed by atoms with van der Waals surface area (Å²) in [6.07, 6.45) is 0. The lowest BCUT2D eigenvalue weighted by Gasteiger charge is -2.13. The first kappa shape index (κ1) is 27.1. The number of nitrogens with zero attached hydrogens (tertiary/aromatic N) is 3. The molecular weight excluding hydrogens is 502 g/mol. The van der Waals surface area contributed by atoms with Gasteiger partial charge in [0, 0.05) is 12.6 Å². The van der Waals surface area contributed by atoms with Crippen LogP contribution in [0.2, 0.25) is 0 Å². The smallest absolute Gasteiger partial charge is 0.341 e. The van der Waals surface area contributed by atoms with Crippen LogP contribution in [0.3, 0.4) is 0 Å². The van der Waals surface area contributed by atoms with Gasteiger partial charge in [0.15, 0.2) is 16.8 Å². The van der Waals surface area contributed by atoms with Gasteiger partial charge in [-0.05, 0) is 45.4 Å². The molecule has 2 N–H and O–H groups in total. The summed E-state index contributed by atoms with van der Waals surface area (Å²) in [5.74, 6) is -0.869. The minimum absolute atomic E-state index is 0.00858. The Kier molecular flexibility index (Phi) is 8.99. The van der Waals surface area contributed by atoms with Crippen molar-refractivity contribution < 1.29 is 23.9 Å².